The number of sulfonamides is 1. The number of carboxylic acid groups (broad SMARTS) is 1. The summed E-state index contributed by atoms with van der Waals surface area (Å²) in [6.07, 6.45) is 0. The van der Waals surface area contributed by atoms with Crippen LogP contribution in [-0.4, -0.2) is 29.3 Å². The minimum Gasteiger partial charge on any atom is -0.476 e. The topological polar surface area (TPSA) is 101 Å². The van der Waals surface area contributed by atoms with Crippen LogP contribution in [0, 0.1) is 13.8 Å². The number of aromatic nitrogens is 2. The van der Waals surface area contributed by atoms with Crippen molar-refractivity contribution in [1.29, 1.82) is 0 Å². The maximum Gasteiger partial charge on any atom is 0.358 e. The summed E-state index contributed by atoms with van der Waals surface area (Å²) in [7, 11) is -2.38. The lowest BCUT2D eigenvalue weighted by atomic mass is 10.3. The fourth-order valence-corrected chi connectivity index (χ4v) is 4.46. The highest BCUT2D eigenvalue weighted by Crippen LogP contribution is 2.32. The van der Waals surface area contributed by atoms with Gasteiger partial charge in [0.25, 0.3) is 10.0 Å². The van der Waals surface area contributed by atoms with Gasteiger partial charge in [-0.25, -0.2) is 13.2 Å². The number of nitrogens with one attached hydrogen (secondary N) is 1. The number of aromatic carboxylic acids is 1. The third kappa shape index (κ3) is 2.89. The Balaban J connectivity index is 2.48. The molecule has 0 fully saturated rings. The van der Waals surface area contributed by atoms with Crippen LogP contribution in [-0.2, 0) is 17.1 Å². The summed E-state index contributed by atoms with van der Waals surface area (Å²) in [4.78, 5) is 11.1. The fourth-order valence-electron chi connectivity index (χ4n) is 1.63. The zero-order valence-corrected chi connectivity index (χ0v) is 13.7. The number of halogens is 1. The largest absolute Gasteiger partial charge is 0.476 e. The average molecular weight is 350 g/mol. The normalized spacial score (nSPS) is 11.6. The molecule has 0 aliphatic heterocycles. The number of carbonyl (C=O) groups is 1. The number of nitrogens with zero attached hydrogens (tertiary/aromatic N) is 2. The molecule has 2 heterocycles. The average Bonchev–Trinajstić information content (AvgIpc) is 2.85. The van der Waals surface area contributed by atoms with Crippen LogP contribution in [0.2, 0.25) is 4.34 Å². The number of hydrogen-bond acceptors (Lipinski definition) is 5. The van der Waals surface area contributed by atoms with E-state index in [4.69, 9.17) is 16.7 Å². The summed E-state index contributed by atoms with van der Waals surface area (Å²) < 4.78 is 28.6. The van der Waals surface area contributed by atoms with Crippen molar-refractivity contribution in [2.24, 2.45) is 7.05 Å². The summed E-state index contributed by atoms with van der Waals surface area (Å²) in [5.74, 6) is -1.31. The van der Waals surface area contributed by atoms with E-state index in [-0.39, 0.29) is 15.6 Å². The number of rotatable bonds is 4. The molecule has 21 heavy (non-hydrogen) atoms. The predicted molar refractivity (Wildman–Crippen MR) is 79.8 cm³/mol. The number of aryl methyl sites for hydroxylation is 2. The number of hydrogen-bond donors (Lipinski definition) is 2. The highest BCUT2D eigenvalue weighted by molar-refractivity contribution is 7.94. The first-order valence-electron chi connectivity index (χ1n) is 5.69. The molecule has 2 rings (SSSR count). The monoisotopic (exact) mass is 349 g/mol. The molecular weight excluding hydrogens is 338 g/mol. The van der Waals surface area contributed by atoms with Gasteiger partial charge < -0.3 is 5.11 Å². The second-order valence-electron chi connectivity index (χ2n) is 4.37. The molecule has 0 saturated heterocycles. The van der Waals surface area contributed by atoms with Gasteiger partial charge in [0, 0.05) is 7.05 Å². The molecule has 0 saturated carbocycles. The predicted octanol–water partition coefficient (Wildman–Crippen LogP) is 2.25. The molecule has 0 amide bonds. The first-order valence-corrected chi connectivity index (χ1v) is 8.37. The Morgan fingerprint density at radius 2 is 2.10 bits per heavy atom. The van der Waals surface area contributed by atoms with Gasteiger partial charge in [-0.15, -0.1) is 11.3 Å². The van der Waals surface area contributed by atoms with E-state index in [1.165, 1.54) is 17.8 Å². The lowest BCUT2D eigenvalue weighted by Gasteiger charge is -2.06. The van der Waals surface area contributed by atoms with Crippen LogP contribution in [0.25, 0.3) is 0 Å². The van der Waals surface area contributed by atoms with Gasteiger partial charge >= 0.3 is 5.97 Å². The highest BCUT2D eigenvalue weighted by atomic mass is 35.5. The molecule has 0 spiro atoms. The second kappa shape index (κ2) is 5.32. The lowest BCUT2D eigenvalue weighted by molar-refractivity contribution is 0.0690. The Morgan fingerprint density at radius 1 is 1.48 bits per heavy atom. The van der Waals surface area contributed by atoms with Crippen molar-refractivity contribution in [3.05, 3.63) is 27.4 Å². The van der Waals surface area contributed by atoms with Crippen molar-refractivity contribution >= 4 is 44.6 Å². The molecule has 0 aliphatic carbocycles. The van der Waals surface area contributed by atoms with E-state index >= 15 is 0 Å². The summed E-state index contributed by atoms with van der Waals surface area (Å²) >= 11 is 6.78. The van der Waals surface area contributed by atoms with E-state index in [1.54, 1.807) is 13.8 Å². The SMILES string of the molecule is Cc1cc(S(=O)(=O)Nc2c(C(=O)O)nn(C)c2C)sc1Cl. The minimum absolute atomic E-state index is 0.0181. The van der Waals surface area contributed by atoms with E-state index < -0.39 is 16.0 Å². The van der Waals surface area contributed by atoms with Gasteiger partial charge in [-0.1, -0.05) is 11.6 Å². The van der Waals surface area contributed by atoms with Crippen LogP contribution in [0.15, 0.2) is 10.3 Å². The lowest BCUT2D eigenvalue weighted by Crippen LogP contribution is -2.14. The van der Waals surface area contributed by atoms with Crippen LogP contribution in [0.4, 0.5) is 5.69 Å². The summed E-state index contributed by atoms with van der Waals surface area (Å²) in [6.45, 7) is 3.26. The molecule has 2 N–H and O–H groups in total. The number of carboxylic acids is 1. The molecule has 0 aliphatic rings. The summed E-state index contributed by atoms with van der Waals surface area (Å²) in [6, 6.07) is 1.43. The van der Waals surface area contributed by atoms with Crippen LogP contribution in [0.1, 0.15) is 21.7 Å². The van der Waals surface area contributed by atoms with Crippen LogP contribution < -0.4 is 4.72 Å². The Morgan fingerprint density at radius 3 is 2.57 bits per heavy atom. The van der Waals surface area contributed by atoms with Gasteiger partial charge in [-0.3, -0.25) is 9.40 Å². The molecule has 2 aromatic rings. The van der Waals surface area contributed by atoms with E-state index in [9.17, 15) is 13.2 Å². The minimum atomic E-state index is -3.91. The molecule has 10 heteroatoms. The van der Waals surface area contributed by atoms with Crippen molar-refractivity contribution in [3.63, 3.8) is 0 Å². The Bertz CT molecular complexity index is 803. The van der Waals surface area contributed by atoms with Gasteiger partial charge in [-0.2, -0.15) is 5.10 Å². The summed E-state index contributed by atoms with van der Waals surface area (Å²) in [5, 5.41) is 12.9. The van der Waals surface area contributed by atoms with E-state index in [1.807, 2.05) is 0 Å². The van der Waals surface area contributed by atoms with Gasteiger partial charge in [-0.05, 0) is 25.5 Å². The Labute approximate surface area is 130 Å². The Hall–Kier alpha value is -1.58. The number of thiophene rings is 1. The summed E-state index contributed by atoms with van der Waals surface area (Å²) in [5.41, 5.74) is 0.642. The van der Waals surface area contributed by atoms with E-state index in [0.717, 1.165) is 11.3 Å². The zero-order chi connectivity index (χ0) is 15.9. The molecule has 0 aromatic carbocycles. The fraction of sp³-hybridized carbons (Fsp3) is 0.273. The van der Waals surface area contributed by atoms with Crippen molar-refractivity contribution < 1.29 is 18.3 Å². The zero-order valence-electron chi connectivity index (χ0n) is 11.3. The van der Waals surface area contributed by atoms with Gasteiger partial charge in [0.2, 0.25) is 0 Å². The quantitative estimate of drug-likeness (QED) is 0.881. The van der Waals surface area contributed by atoms with Crippen LogP contribution >= 0.6 is 22.9 Å². The smallest absolute Gasteiger partial charge is 0.358 e. The van der Waals surface area contributed by atoms with Crippen molar-refractivity contribution in [3.8, 4) is 0 Å². The molecule has 114 valence electrons. The van der Waals surface area contributed by atoms with Crippen LogP contribution in [0.5, 0.6) is 0 Å². The standard InChI is InChI=1S/C11H12ClN3O4S2/c1-5-4-7(20-10(5)12)21(18,19)14-8-6(2)15(3)13-9(8)11(16)17/h4,14H,1-3H3,(H,16,17). The molecule has 0 unspecified atom stereocenters. The van der Waals surface area contributed by atoms with Crippen LogP contribution in [0.3, 0.4) is 0 Å². The molecule has 0 radical (unpaired) electrons. The third-order valence-electron chi connectivity index (χ3n) is 2.87. The molecular formula is C11H12ClN3O4S2. The number of anilines is 1. The van der Waals surface area contributed by atoms with Gasteiger partial charge in [0.1, 0.15) is 9.90 Å². The van der Waals surface area contributed by atoms with E-state index in [2.05, 4.69) is 9.82 Å². The molecule has 2 aromatic heterocycles. The van der Waals surface area contributed by atoms with Crippen molar-refractivity contribution in [2.45, 2.75) is 18.1 Å². The first-order chi connectivity index (χ1) is 9.63. The Kier molecular flexibility index (Phi) is 4.00. The molecule has 7 nitrogen and oxygen atoms in total. The van der Waals surface area contributed by atoms with Crippen molar-refractivity contribution in [1.82, 2.24) is 9.78 Å². The van der Waals surface area contributed by atoms with Gasteiger partial charge in [0.05, 0.1) is 10.0 Å². The second-order valence-corrected chi connectivity index (χ2v) is 7.93. The third-order valence-corrected chi connectivity index (χ3v) is 6.25. The van der Waals surface area contributed by atoms with Gasteiger partial charge in [0.15, 0.2) is 5.69 Å². The molecule has 0 atom stereocenters. The maximum atomic E-state index is 12.3. The van der Waals surface area contributed by atoms with E-state index in [0.29, 0.717) is 15.6 Å². The van der Waals surface area contributed by atoms with Crippen molar-refractivity contribution in [2.75, 3.05) is 4.72 Å². The maximum absolute atomic E-state index is 12.3. The molecule has 0 bridgehead atoms. The highest BCUT2D eigenvalue weighted by Gasteiger charge is 2.25. The first kappa shape index (κ1) is 15.8.